The van der Waals surface area contributed by atoms with Gasteiger partial charge in [0, 0.05) is 35.2 Å². The van der Waals surface area contributed by atoms with Crippen molar-refractivity contribution in [2.24, 2.45) is 0 Å². The fraction of sp³-hybridized carbons (Fsp3) is 0.226. The number of aromatic hydroxyl groups is 2. The van der Waals surface area contributed by atoms with Gasteiger partial charge in [-0.3, -0.25) is 9.55 Å². The molecule has 9 heteroatoms. The average molecular weight is 554 g/mol. The lowest BCUT2D eigenvalue weighted by molar-refractivity contribution is -0.107. The number of halogens is 1. The lowest BCUT2D eigenvalue weighted by Crippen LogP contribution is -2.33. The molecule has 2 aliphatic rings. The van der Waals surface area contributed by atoms with Gasteiger partial charge in [0.05, 0.1) is 46.2 Å². The Morgan fingerprint density at radius 1 is 1.05 bits per heavy atom. The second-order valence-corrected chi connectivity index (χ2v) is 10.9. The van der Waals surface area contributed by atoms with Crippen LogP contribution in [0, 0.1) is 11.3 Å². The number of hydrogen-bond acceptors (Lipinski definition) is 7. The molecule has 0 saturated carbocycles. The molecule has 4 heterocycles. The third kappa shape index (κ3) is 3.23. The number of nitriles is 1. The third-order valence-electron chi connectivity index (χ3n) is 8.34. The van der Waals surface area contributed by atoms with E-state index in [1.807, 2.05) is 36.4 Å². The van der Waals surface area contributed by atoms with E-state index in [1.165, 1.54) is 4.57 Å². The molecule has 1 fully saturated rings. The van der Waals surface area contributed by atoms with Crippen LogP contribution in [0.3, 0.4) is 0 Å². The van der Waals surface area contributed by atoms with Gasteiger partial charge in [0.2, 0.25) is 11.8 Å². The fourth-order valence-electron chi connectivity index (χ4n) is 6.48. The number of fused-ring (bicyclic) bond motifs is 7. The van der Waals surface area contributed by atoms with Crippen molar-refractivity contribution in [1.82, 2.24) is 9.55 Å². The van der Waals surface area contributed by atoms with E-state index >= 15 is 0 Å². The van der Waals surface area contributed by atoms with Crippen LogP contribution >= 0.6 is 11.6 Å². The second-order valence-electron chi connectivity index (χ2n) is 10.5. The Bertz CT molecular complexity index is 1900. The second kappa shape index (κ2) is 8.60. The first-order valence-electron chi connectivity index (χ1n) is 12.9. The van der Waals surface area contributed by atoms with Gasteiger partial charge in [0.25, 0.3) is 0 Å². The van der Waals surface area contributed by atoms with Crippen molar-refractivity contribution in [2.75, 3.05) is 6.61 Å². The highest BCUT2D eigenvalue weighted by molar-refractivity contribution is 6.35. The summed E-state index contributed by atoms with van der Waals surface area (Å²) in [6.45, 7) is 1.92. The molecule has 0 radical (unpaired) electrons. The summed E-state index contributed by atoms with van der Waals surface area (Å²) in [5.74, 6) is 0.181. The number of ether oxygens (including phenoxy) is 2. The minimum absolute atomic E-state index is 0.170. The molecule has 2 bridgehead atoms. The molecule has 40 heavy (non-hydrogen) atoms. The van der Waals surface area contributed by atoms with Crippen molar-refractivity contribution < 1.29 is 24.8 Å². The van der Waals surface area contributed by atoms with E-state index in [0.717, 1.165) is 5.39 Å². The lowest BCUT2D eigenvalue weighted by Gasteiger charge is -2.26. The van der Waals surface area contributed by atoms with Gasteiger partial charge in [-0.25, -0.2) is 0 Å². The SMILES string of the molecule is C[C@]12O[C@](CCOc3ccc(Cl)c4cccnc34)(C[C@@H]1O)c1c2c(O)n(-c2ccc(C#N)c3ccccc23)c1O. The number of rotatable bonds is 5. The molecule has 1 saturated heterocycles. The number of benzene rings is 3. The molecule has 3 aromatic carbocycles. The molecule has 3 N–H and O–H groups in total. The molecule has 7 rings (SSSR count). The highest BCUT2D eigenvalue weighted by Gasteiger charge is 2.66. The van der Waals surface area contributed by atoms with E-state index in [-0.39, 0.29) is 24.8 Å². The van der Waals surface area contributed by atoms with E-state index in [1.54, 1.807) is 37.4 Å². The van der Waals surface area contributed by atoms with Gasteiger partial charge in [0.15, 0.2) is 0 Å². The van der Waals surface area contributed by atoms with E-state index in [2.05, 4.69) is 11.1 Å². The van der Waals surface area contributed by atoms with Crippen LogP contribution < -0.4 is 4.74 Å². The molecule has 0 aliphatic carbocycles. The van der Waals surface area contributed by atoms with Crippen molar-refractivity contribution in [3.63, 3.8) is 0 Å². The normalized spacial score (nSPS) is 23.0. The lowest BCUT2D eigenvalue weighted by atomic mass is 9.76. The minimum Gasteiger partial charge on any atom is -0.494 e. The van der Waals surface area contributed by atoms with Crippen LogP contribution in [0.15, 0.2) is 66.9 Å². The maximum atomic E-state index is 11.7. The zero-order valence-corrected chi connectivity index (χ0v) is 22.2. The van der Waals surface area contributed by atoms with Crippen molar-refractivity contribution in [3.05, 3.63) is 88.6 Å². The summed E-state index contributed by atoms with van der Waals surface area (Å²) in [6, 6.07) is 20.1. The fourth-order valence-corrected chi connectivity index (χ4v) is 6.69. The van der Waals surface area contributed by atoms with Crippen molar-refractivity contribution in [3.8, 4) is 29.3 Å². The predicted molar refractivity (Wildman–Crippen MR) is 149 cm³/mol. The minimum atomic E-state index is -1.22. The van der Waals surface area contributed by atoms with Crippen LogP contribution in [0.2, 0.25) is 5.02 Å². The van der Waals surface area contributed by atoms with Crippen molar-refractivity contribution >= 4 is 33.3 Å². The van der Waals surface area contributed by atoms with E-state index in [9.17, 15) is 20.6 Å². The highest BCUT2D eigenvalue weighted by Crippen LogP contribution is 2.65. The number of hydrogen-bond donors (Lipinski definition) is 3. The smallest absolute Gasteiger partial charge is 0.205 e. The Morgan fingerprint density at radius 2 is 1.80 bits per heavy atom. The Balaban J connectivity index is 1.30. The van der Waals surface area contributed by atoms with Gasteiger partial charge in [-0.15, -0.1) is 0 Å². The van der Waals surface area contributed by atoms with Crippen molar-refractivity contribution in [1.29, 1.82) is 5.26 Å². The van der Waals surface area contributed by atoms with Crippen molar-refractivity contribution in [2.45, 2.75) is 37.1 Å². The number of aliphatic hydroxyl groups excluding tert-OH is 1. The van der Waals surface area contributed by atoms with Gasteiger partial charge in [-0.05, 0) is 43.3 Å². The monoisotopic (exact) mass is 553 g/mol. The highest BCUT2D eigenvalue weighted by atomic mass is 35.5. The summed E-state index contributed by atoms with van der Waals surface area (Å²) in [6.07, 6.45) is 1.29. The molecule has 200 valence electrons. The molecule has 0 amide bonds. The number of pyridine rings is 1. The molecule has 0 spiro atoms. The van der Waals surface area contributed by atoms with Gasteiger partial charge in [-0.1, -0.05) is 35.9 Å². The first-order valence-corrected chi connectivity index (χ1v) is 13.3. The summed E-state index contributed by atoms with van der Waals surface area (Å²) in [5.41, 5.74) is 0.122. The number of aliphatic hydroxyl groups is 1. The number of nitrogens with zero attached hydrogens (tertiary/aromatic N) is 3. The Kier molecular flexibility index (Phi) is 5.32. The van der Waals surface area contributed by atoms with Crippen LogP contribution in [0.1, 0.15) is 36.5 Å². The van der Waals surface area contributed by atoms with E-state index in [0.29, 0.717) is 55.9 Å². The maximum absolute atomic E-state index is 11.7. The van der Waals surface area contributed by atoms with Crippen LogP contribution in [-0.4, -0.2) is 37.6 Å². The molecule has 0 unspecified atom stereocenters. The topological polar surface area (TPSA) is 121 Å². The molecule has 8 nitrogen and oxygen atoms in total. The molecule has 2 aromatic heterocycles. The van der Waals surface area contributed by atoms with Crippen LogP contribution in [0.25, 0.3) is 27.4 Å². The summed E-state index contributed by atoms with van der Waals surface area (Å²) in [5, 5.41) is 46.6. The summed E-state index contributed by atoms with van der Waals surface area (Å²) < 4.78 is 14.0. The van der Waals surface area contributed by atoms with E-state index < -0.39 is 17.3 Å². The molecular weight excluding hydrogens is 530 g/mol. The molecule has 3 atom stereocenters. The van der Waals surface area contributed by atoms with Crippen LogP contribution in [0.5, 0.6) is 17.5 Å². The predicted octanol–water partition coefficient (Wildman–Crippen LogP) is 5.79. The maximum Gasteiger partial charge on any atom is 0.205 e. The van der Waals surface area contributed by atoms with Crippen LogP contribution in [-0.2, 0) is 15.9 Å². The first-order chi connectivity index (χ1) is 19.3. The van der Waals surface area contributed by atoms with Crippen LogP contribution in [0.4, 0.5) is 0 Å². The molecule has 5 aromatic rings. The van der Waals surface area contributed by atoms with Gasteiger partial charge < -0.3 is 24.8 Å². The average Bonchev–Trinajstić information content (AvgIpc) is 3.50. The third-order valence-corrected chi connectivity index (χ3v) is 8.67. The largest absolute Gasteiger partial charge is 0.494 e. The first kappa shape index (κ1) is 24.7. The Hall–Kier alpha value is -4.29. The van der Waals surface area contributed by atoms with Gasteiger partial charge in [0.1, 0.15) is 22.5 Å². The zero-order chi connectivity index (χ0) is 27.8. The quantitative estimate of drug-likeness (QED) is 0.252. The molecular formula is C31H24ClN3O5. The Labute approximate surface area is 234 Å². The number of aromatic nitrogens is 2. The standard InChI is InChI=1S/C31H24ClN3O5/c1-30-24(36)15-31(40-30,12-14-39-23-11-9-21(32)20-7-4-13-34-27(20)23)26-25(30)28(37)35(29(26)38)22-10-8-17(16-33)18-5-2-3-6-19(18)22/h2-11,13,24,36-38H,12,14-15H2,1H3/t24-,30-,31+/m0/s1. The summed E-state index contributed by atoms with van der Waals surface area (Å²) >= 11 is 6.33. The summed E-state index contributed by atoms with van der Waals surface area (Å²) in [4.78, 5) is 4.42. The summed E-state index contributed by atoms with van der Waals surface area (Å²) in [7, 11) is 0. The van der Waals surface area contributed by atoms with E-state index in [4.69, 9.17) is 21.1 Å². The van der Waals surface area contributed by atoms with Gasteiger partial charge in [-0.2, -0.15) is 5.26 Å². The Morgan fingerprint density at radius 3 is 2.60 bits per heavy atom. The molecule has 2 aliphatic heterocycles. The zero-order valence-electron chi connectivity index (χ0n) is 21.4. The van der Waals surface area contributed by atoms with Gasteiger partial charge >= 0.3 is 0 Å².